The number of aliphatic hydroxyl groups excluding tert-OH is 12. The van der Waals surface area contributed by atoms with Crippen molar-refractivity contribution in [1.29, 1.82) is 0 Å². The first-order valence-corrected chi connectivity index (χ1v) is 18.0. The summed E-state index contributed by atoms with van der Waals surface area (Å²) < 4.78 is 51.6. The predicted molar refractivity (Wildman–Crippen MR) is 172 cm³/mol. The van der Waals surface area contributed by atoms with Gasteiger partial charge in [0.05, 0.1) is 31.0 Å². The van der Waals surface area contributed by atoms with Gasteiger partial charge in [-0.2, -0.15) is 0 Å². The minimum absolute atomic E-state index is 0.665. The molecule has 5 rings (SSSR count). The van der Waals surface area contributed by atoms with Crippen LogP contribution in [-0.4, -0.2) is 227 Å². The Hall–Kier alpha value is -1.37. The summed E-state index contributed by atoms with van der Waals surface area (Å²) in [4.78, 5) is 12.0. The molecule has 25 atom stereocenters. The van der Waals surface area contributed by atoms with Gasteiger partial charge in [0.25, 0.3) is 0 Å². The van der Waals surface area contributed by atoms with Gasteiger partial charge in [0.15, 0.2) is 31.5 Å². The molecule has 23 heteroatoms. The van der Waals surface area contributed by atoms with Gasteiger partial charge in [0.1, 0.15) is 97.6 Å². The second kappa shape index (κ2) is 18.3. The first-order chi connectivity index (χ1) is 25.8. The van der Waals surface area contributed by atoms with E-state index in [0.717, 1.165) is 6.92 Å². The van der Waals surface area contributed by atoms with Crippen molar-refractivity contribution in [2.75, 3.05) is 6.61 Å². The molecule has 13 N–H and O–H groups in total. The van der Waals surface area contributed by atoms with E-state index in [1.807, 2.05) is 0 Å². The lowest BCUT2D eigenvalue weighted by Gasteiger charge is -2.50. The van der Waals surface area contributed by atoms with Gasteiger partial charge in [-0.15, -0.1) is 0 Å². The molecule has 0 unspecified atom stereocenters. The summed E-state index contributed by atoms with van der Waals surface area (Å²) in [7, 11) is 0. The summed E-state index contributed by atoms with van der Waals surface area (Å²) in [6, 6.07) is -1.46. The number of aliphatic hydroxyl groups is 12. The van der Waals surface area contributed by atoms with Crippen LogP contribution in [0.3, 0.4) is 0 Å². The number of ether oxygens (including phenoxy) is 9. The van der Waals surface area contributed by atoms with Crippen LogP contribution in [0.25, 0.3) is 0 Å². The van der Waals surface area contributed by atoms with Crippen molar-refractivity contribution in [3.8, 4) is 0 Å². The van der Waals surface area contributed by atoms with Crippen molar-refractivity contribution in [1.82, 2.24) is 5.32 Å². The van der Waals surface area contributed by atoms with Gasteiger partial charge in [-0.1, -0.05) is 0 Å². The molecule has 5 heterocycles. The zero-order valence-electron chi connectivity index (χ0n) is 30.6. The molecular weight excluding hydrogens is 750 g/mol. The maximum atomic E-state index is 12.0. The average Bonchev–Trinajstić information content (AvgIpc) is 3.13. The molecule has 0 aromatic carbocycles. The molecule has 55 heavy (non-hydrogen) atoms. The van der Waals surface area contributed by atoms with E-state index >= 15 is 0 Å². The molecule has 23 nitrogen and oxygen atoms in total. The van der Waals surface area contributed by atoms with E-state index in [1.54, 1.807) is 0 Å². The molecule has 5 saturated heterocycles. The zero-order valence-corrected chi connectivity index (χ0v) is 30.6. The smallest absolute Gasteiger partial charge is 0.217 e. The molecule has 5 aliphatic rings. The molecule has 0 aliphatic carbocycles. The van der Waals surface area contributed by atoms with Gasteiger partial charge in [-0.3, -0.25) is 4.79 Å². The third-order valence-electron chi connectivity index (χ3n) is 10.6. The molecule has 0 saturated carbocycles. The first kappa shape index (κ1) is 44.7. The van der Waals surface area contributed by atoms with Gasteiger partial charge in [-0.25, -0.2) is 0 Å². The van der Waals surface area contributed by atoms with Crippen LogP contribution in [0.5, 0.6) is 0 Å². The second-order valence-corrected chi connectivity index (χ2v) is 14.6. The number of nitrogens with one attached hydrogen (secondary N) is 1. The van der Waals surface area contributed by atoms with E-state index in [4.69, 9.17) is 42.6 Å². The van der Waals surface area contributed by atoms with Crippen LogP contribution in [-0.2, 0) is 47.4 Å². The van der Waals surface area contributed by atoms with Crippen LogP contribution in [0.15, 0.2) is 0 Å². The van der Waals surface area contributed by atoms with Gasteiger partial charge in [-0.05, 0) is 27.7 Å². The number of hydrogen-bond acceptors (Lipinski definition) is 22. The fraction of sp³-hybridized carbons (Fsp3) is 0.969. The number of amides is 1. The summed E-state index contributed by atoms with van der Waals surface area (Å²) in [5.74, 6) is -0.665. The lowest BCUT2D eigenvalue weighted by molar-refractivity contribution is -0.398. The Kier molecular flexibility index (Phi) is 14.9. The van der Waals surface area contributed by atoms with E-state index in [1.165, 1.54) is 27.7 Å². The summed E-state index contributed by atoms with van der Waals surface area (Å²) in [6.45, 7) is 5.85. The van der Waals surface area contributed by atoms with E-state index in [-0.39, 0.29) is 0 Å². The van der Waals surface area contributed by atoms with Crippen molar-refractivity contribution in [2.45, 2.75) is 188 Å². The van der Waals surface area contributed by atoms with E-state index < -0.39 is 166 Å². The number of carbonyl (C=O) groups is 1. The monoisotopic (exact) mass is 805 g/mol. The van der Waals surface area contributed by atoms with Gasteiger partial charge in [0, 0.05) is 6.92 Å². The SMILES string of the molecule is CC(=O)N[C@H]1[C@H](O[C@@H]2[C@@H](O)[C@H](C)O[C@@H](O)[C@@H]2O[C@@H]2O[C@@H](C)[C@H](O)[C@@H](O[C@@H]3O[C@@H](C)[C@H](O)[C@@H](O)[C@H]3O[C@@H]3O[C@@H](C)[C@H](O)[C@@H](O)[C@H]3O)[C@H]2O)O[C@H](CO)[C@@H](O)[C@@H]1O. The van der Waals surface area contributed by atoms with Crippen LogP contribution < -0.4 is 5.32 Å². The van der Waals surface area contributed by atoms with Gasteiger partial charge >= 0.3 is 0 Å². The average molecular weight is 806 g/mol. The lowest BCUT2D eigenvalue weighted by Crippen LogP contribution is -2.68. The maximum Gasteiger partial charge on any atom is 0.217 e. The highest BCUT2D eigenvalue weighted by Crippen LogP contribution is 2.36. The van der Waals surface area contributed by atoms with Crippen molar-refractivity contribution in [3.05, 3.63) is 0 Å². The van der Waals surface area contributed by atoms with E-state index in [0.29, 0.717) is 0 Å². The normalized spacial score (nSPS) is 53.8. The highest BCUT2D eigenvalue weighted by Gasteiger charge is 2.56. The predicted octanol–water partition coefficient (Wildman–Crippen LogP) is -7.67. The molecule has 5 aliphatic heterocycles. The molecule has 0 bridgehead atoms. The molecule has 0 spiro atoms. The highest BCUT2D eigenvalue weighted by atomic mass is 16.8. The van der Waals surface area contributed by atoms with Crippen LogP contribution in [0.1, 0.15) is 34.6 Å². The Balaban J connectivity index is 1.37. The fourth-order valence-electron chi connectivity index (χ4n) is 7.16. The highest BCUT2D eigenvalue weighted by molar-refractivity contribution is 5.73. The largest absolute Gasteiger partial charge is 0.394 e. The van der Waals surface area contributed by atoms with Crippen molar-refractivity contribution >= 4 is 5.91 Å². The van der Waals surface area contributed by atoms with Crippen molar-refractivity contribution < 1.29 is 109 Å². The van der Waals surface area contributed by atoms with E-state index in [9.17, 15) is 66.1 Å². The first-order valence-electron chi connectivity index (χ1n) is 18.0. The number of carbonyl (C=O) groups excluding carboxylic acids is 1. The maximum absolute atomic E-state index is 12.0. The zero-order chi connectivity index (χ0) is 40.8. The van der Waals surface area contributed by atoms with Crippen LogP contribution in [0, 0.1) is 0 Å². The van der Waals surface area contributed by atoms with Gasteiger partial charge < -0.3 is 109 Å². The van der Waals surface area contributed by atoms with Crippen LogP contribution in [0.2, 0.25) is 0 Å². The standard InChI is InChI=1S/C32H55NO22/c1-7-14(36)20(42)22(44)30(48-7)54-26-21(43)15(37)8(2)50-32(26)52-24-16(38)10(4)49-31(23(24)45)55-27-25(17(39)9(3)47-28(27)46)53-29-13(33-11(5)35)19(41)18(40)12(6-34)51-29/h7-10,12-32,34,36-46H,6H2,1-5H3,(H,33,35)/t7-,8-,9-,10-,12+,13+,14-,15-,16-,17-,18+,19+,20+,21+,22+,23+,24+,25+,26+,27+,28+,29-,30-,31-,32-/m0/s1. The van der Waals surface area contributed by atoms with Crippen molar-refractivity contribution in [3.63, 3.8) is 0 Å². The second-order valence-electron chi connectivity index (χ2n) is 14.6. The summed E-state index contributed by atoms with van der Waals surface area (Å²) in [5, 5.41) is 131. The fourth-order valence-corrected chi connectivity index (χ4v) is 7.16. The van der Waals surface area contributed by atoms with Gasteiger partial charge in [0.2, 0.25) is 5.91 Å². The summed E-state index contributed by atoms with van der Waals surface area (Å²) in [6.07, 6.45) is -38.5. The quantitative estimate of drug-likeness (QED) is 0.0975. The Bertz CT molecular complexity index is 1260. The molecule has 320 valence electrons. The molecule has 0 aromatic rings. The molecule has 1 amide bonds. The Morgan fingerprint density at radius 3 is 1.55 bits per heavy atom. The number of rotatable bonds is 10. The summed E-state index contributed by atoms with van der Waals surface area (Å²) in [5.41, 5.74) is 0. The van der Waals surface area contributed by atoms with Crippen LogP contribution >= 0.6 is 0 Å². The Morgan fingerprint density at radius 1 is 0.473 bits per heavy atom. The topological polar surface area (TPSA) is 355 Å². The third kappa shape index (κ3) is 9.27. The van der Waals surface area contributed by atoms with Crippen LogP contribution in [0.4, 0.5) is 0 Å². The minimum atomic E-state index is -1.97. The summed E-state index contributed by atoms with van der Waals surface area (Å²) >= 11 is 0. The number of hydrogen-bond donors (Lipinski definition) is 13. The van der Waals surface area contributed by atoms with Crippen molar-refractivity contribution in [2.24, 2.45) is 0 Å². The molecule has 0 radical (unpaired) electrons. The lowest BCUT2D eigenvalue weighted by atomic mass is 9.95. The third-order valence-corrected chi connectivity index (χ3v) is 10.6. The molecule has 0 aromatic heterocycles. The van der Waals surface area contributed by atoms with E-state index in [2.05, 4.69) is 5.32 Å². The molecule has 5 fully saturated rings. The molecular formula is C32H55NO22. The Labute approximate surface area is 314 Å². The minimum Gasteiger partial charge on any atom is -0.394 e. The Morgan fingerprint density at radius 2 is 0.945 bits per heavy atom.